The summed E-state index contributed by atoms with van der Waals surface area (Å²) in [4.78, 5) is 18.4. The molecule has 25 heavy (non-hydrogen) atoms. The zero-order valence-corrected chi connectivity index (χ0v) is 14.1. The van der Waals surface area contributed by atoms with Crippen LogP contribution in [0.3, 0.4) is 0 Å². The molecule has 0 fully saturated rings. The summed E-state index contributed by atoms with van der Waals surface area (Å²) in [6, 6.07) is 9.73. The molecule has 0 aliphatic carbocycles. The number of hydrogen-bond acceptors (Lipinski definition) is 8. The van der Waals surface area contributed by atoms with Gasteiger partial charge in [0.25, 0.3) is 0 Å². The predicted molar refractivity (Wildman–Crippen MR) is 99.6 cm³/mol. The summed E-state index contributed by atoms with van der Waals surface area (Å²) < 4.78 is 0. The van der Waals surface area contributed by atoms with Gasteiger partial charge in [0.2, 0.25) is 5.96 Å². The molecular weight excluding hydrogens is 334 g/mol. The Hall–Kier alpha value is -3.13. The quantitative estimate of drug-likeness (QED) is 0.557. The fraction of sp³-hybridized carbons (Fsp3) is 0.118. The summed E-state index contributed by atoms with van der Waals surface area (Å²) in [5.74, 6) is 0.691. The van der Waals surface area contributed by atoms with Gasteiger partial charge in [-0.05, 0) is 24.3 Å². The highest BCUT2D eigenvalue weighted by Gasteiger charge is 2.08. The van der Waals surface area contributed by atoms with Gasteiger partial charge in [-0.1, -0.05) is 6.07 Å². The molecule has 3 aromatic rings. The van der Waals surface area contributed by atoms with E-state index in [9.17, 15) is 0 Å². The van der Waals surface area contributed by atoms with Crippen molar-refractivity contribution in [3.8, 4) is 21.1 Å². The van der Waals surface area contributed by atoms with Crippen LogP contribution in [0.5, 0.6) is 0 Å². The highest BCUT2D eigenvalue weighted by atomic mass is 32.1. The topological polar surface area (TPSA) is 87.5 Å². The Labute approximate surface area is 148 Å². The van der Waals surface area contributed by atoms with Crippen molar-refractivity contribution >= 4 is 23.5 Å². The minimum Gasteiger partial charge on any atom is -0.353 e. The minimum absolute atomic E-state index is 0.691. The van der Waals surface area contributed by atoms with Crippen LogP contribution in [0.2, 0.25) is 0 Å². The third-order valence-corrected chi connectivity index (χ3v) is 4.55. The zero-order valence-electron chi connectivity index (χ0n) is 13.3. The van der Waals surface area contributed by atoms with E-state index in [-0.39, 0.29) is 0 Å². The molecule has 0 saturated heterocycles. The average molecular weight is 349 g/mol. The van der Waals surface area contributed by atoms with Crippen LogP contribution in [-0.4, -0.2) is 40.2 Å². The number of hydrogen-bond donors (Lipinski definition) is 2. The van der Waals surface area contributed by atoms with E-state index in [0.717, 1.165) is 39.9 Å². The summed E-state index contributed by atoms with van der Waals surface area (Å²) >= 11 is 1.59. The molecule has 0 unspecified atom stereocenters. The molecule has 1 aliphatic rings. The Morgan fingerprint density at radius 1 is 1.20 bits per heavy atom. The number of hydrazone groups is 1. The lowest BCUT2D eigenvalue weighted by Gasteiger charge is -2.00. The fourth-order valence-corrected chi connectivity index (χ4v) is 3.18. The molecular formula is C17H15N7S. The molecule has 0 spiro atoms. The average Bonchev–Trinajstić information content (AvgIpc) is 3.35. The predicted octanol–water partition coefficient (Wildman–Crippen LogP) is 2.15. The molecule has 8 heteroatoms. The molecule has 4 rings (SSSR count). The highest BCUT2D eigenvalue weighted by molar-refractivity contribution is 7.18. The summed E-state index contributed by atoms with van der Waals surface area (Å²) in [5, 5.41) is 8.18. The van der Waals surface area contributed by atoms with Crippen LogP contribution in [-0.2, 0) is 0 Å². The van der Waals surface area contributed by atoms with E-state index < -0.39 is 0 Å². The van der Waals surface area contributed by atoms with Crippen LogP contribution in [0.4, 0.5) is 0 Å². The van der Waals surface area contributed by atoms with Gasteiger partial charge in [-0.2, -0.15) is 5.10 Å². The van der Waals surface area contributed by atoms with Crippen LogP contribution < -0.4 is 10.7 Å². The number of nitrogens with one attached hydrogen (secondary N) is 2. The van der Waals surface area contributed by atoms with Crippen LogP contribution in [0.15, 0.2) is 59.0 Å². The van der Waals surface area contributed by atoms with Crippen molar-refractivity contribution in [2.75, 3.05) is 13.1 Å². The van der Waals surface area contributed by atoms with Gasteiger partial charge in [0.05, 0.1) is 29.0 Å². The molecule has 0 atom stereocenters. The first-order valence-corrected chi connectivity index (χ1v) is 8.61. The second kappa shape index (κ2) is 7.18. The summed E-state index contributed by atoms with van der Waals surface area (Å²) in [6.07, 6.45) is 7.08. The van der Waals surface area contributed by atoms with Gasteiger partial charge < -0.3 is 5.32 Å². The highest BCUT2D eigenvalue weighted by Crippen LogP contribution is 2.30. The van der Waals surface area contributed by atoms with Gasteiger partial charge in [0.15, 0.2) is 0 Å². The zero-order chi connectivity index (χ0) is 16.9. The Morgan fingerprint density at radius 3 is 3.04 bits per heavy atom. The van der Waals surface area contributed by atoms with Gasteiger partial charge in [-0.3, -0.25) is 4.98 Å². The molecule has 4 heterocycles. The molecule has 124 valence electrons. The van der Waals surface area contributed by atoms with Crippen molar-refractivity contribution in [3.63, 3.8) is 0 Å². The van der Waals surface area contributed by atoms with E-state index in [2.05, 4.69) is 35.8 Å². The van der Waals surface area contributed by atoms with Gasteiger partial charge in [0.1, 0.15) is 5.01 Å². The van der Waals surface area contributed by atoms with Crippen LogP contribution >= 0.6 is 11.3 Å². The number of rotatable bonds is 4. The van der Waals surface area contributed by atoms with Crippen molar-refractivity contribution in [2.24, 2.45) is 10.1 Å². The Bertz CT molecular complexity index is 918. The minimum atomic E-state index is 0.691. The number of thiazole rings is 1. The van der Waals surface area contributed by atoms with Crippen LogP contribution in [0, 0.1) is 0 Å². The Morgan fingerprint density at radius 2 is 2.20 bits per heavy atom. The monoisotopic (exact) mass is 349 g/mol. The molecule has 0 aromatic carbocycles. The van der Waals surface area contributed by atoms with E-state index in [1.807, 2.05) is 42.7 Å². The van der Waals surface area contributed by atoms with Crippen molar-refractivity contribution in [3.05, 3.63) is 54.6 Å². The van der Waals surface area contributed by atoms with E-state index in [4.69, 9.17) is 0 Å². The maximum absolute atomic E-state index is 4.62. The van der Waals surface area contributed by atoms with Crippen LogP contribution in [0.1, 0.15) is 5.69 Å². The maximum Gasteiger partial charge on any atom is 0.212 e. The normalized spacial score (nSPS) is 13.7. The summed E-state index contributed by atoms with van der Waals surface area (Å²) in [6.45, 7) is 1.62. The second-order valence-corrected chi connectivity index (χ2v) is 6.28. The first-order chi connectivity index (χ1) is 12.4. The molecule has 0 amide bonds. The van der Waals surface area contributed by atoms with E-state index in [0.29, 0.717) is 5.96 Å². The molecule has 0 radical (unpaired) electrons. The van der Waals surface area contributed by atoms with Gasteiger partial charge in [0, 0.05) is 30.7 Å². The molecule has 0 bridgehead atoms. The van der Waals surface area contributed by atoms with Gasteiger partial charge >= 0.3 is 0 Å². The molecule has 3 aromatic heterocycles. The fourth-order valence-electron chi connectivity index (χ4n) is 2.31. The summed E-state index contributed by atoms with van der Waals surface area (Å²) in [5.41, 5.74) is 5.50. The number of pyridine rings is 2. The van der Waals surface area contributed by atoms with Crippen molar-refractivity contribution in [1.29, 1.82) is 0 Å². The van der Waals surface area contributed by atoms with Gasteiger partial charge in [-0.15, -0.1) is 11.3 Å². The van der Waals surface area contributed by atoms with Gasteiger partial charge in [-0.25, -0.2) is 20.4 Å². The lowest BCUT2D eigenvalue weighted by atomic mass is 10.3. The Balaban J connectivity index is 1.51. The van der Waals surface area contributed by atoms with Crippen LogP contribution in [0.25, 0.3) is 21.1 Å². The van der Waals surface area contributed by atoms with E-state index >= 15 is 0 Å². The Kier molecular flexibility index (Phi) is 4.42. The SMILES string of the molecule is C(=N\NC1=NCCN1)/c1cccc(-c2cnc(-c3cccnc3)s2)n1. The molecule has 7 nitrogen and oxygen atoms in total. The molecule has 0 saturated carbocycles. The van der Waals surface area contributed by atoms with E-state index in [1.54, 1.807) is 23.7 Å². The second-order valence-electron chi connectivity index (χ2n) is 5.25. The number of nitrogens with zero attached hydrogens (tertiary/aromatic N) is 5. The third kappa shape index (κ3) is 3.69. The van der Waals surface area contributed by atoms with Crippen molar-refractivity contribution in [2.45, 2.75) is 0 Å². The first kappa shape index (κ1) is 15.4. The van der Waals surface area contributed by atoms with Crippen molar-refractivity contribution in [1.82, 2.24) is 25.7 Å². The third-order valence-electron chi connectivity index (χ3n) is 3.48. The maximum atomic E-state index is 4.62. The smallest absolute Gasteiger partial charge is 0.212 e. The van der Waals surface area contributed by atoms with Crippen molar-refractivity contribution < 1.29 is 0 Å². The standard InChI is InChI=1S/C17H15N7S/c1-4-13(10-22-24-17-19-7-8-20-17)23-14(5-1)15-11-21-16(25-15)12-3-2-6-18-9-12/h1-6,9-11H,7-8H2,(H2,19,20,24)/b22-10+. The first-order valence-electron chi connectivity index (χ1n) is 7.79. The summed E-state index contributed by atoms with van der Waals surface area (Å²) in [7, 11) is 0. The molecule has 1 aliphatic heterocycles. The largest absolute Gasteiger partial charge is 0.353 e. The number of aromatic nitrogens is 3. The van der Waals surface area contributed by atoms with E-state index in [1.165, 1.54) is 0 Å². The number of guanidine groups is 1. The number of aliphatic imine (C=N–C) groups is 1. The lowest BCUT2D eigenvalue weighted by Crippen LogP contribution is -2.30. The molecule has 2 N–H and O–H groups in total. The lowest BCUT2D eigenvalue weighted by molar-refractivity contribution is 0.919.